The number of ether oxygens (including phenoxy) is 2. The molecular formula is C13H19N3O3. The molecule has 1 aromatic rings. The van der Waals surface area contributed by atoms with E-state index >= 15 is 0 Å². The van der Waals surface area contributed by atoms with E-state index < -0.39 is 0 Å². The number of carbonyl (C=O) groups excluding carboxylic acids is 1. The predicted molar refractivity (Wildman–Crippen MR) is 69.6 cm³/mol. The van der Waals surface area contributed by atoms with E-state index in [0.717, 1.165) is 31.7 Å². The van der Waals surface area contributed by atoms with Crippen molar-refractivity contribution in [3.63, 3.8) is 0 Å². The molecule has 104 valence electrons. The number of nitrogens with zero attached hydrogens (tertiary/aromatic N) is 1. The third kappa shape index (κ3) is 3.42. The van der Waals surface area contributed by atoms with E-state index in [9.17, 15) is 4.79 Å². The standard InChI is InChI=1S/C13H19N3O3/c1-18-12-3-2-10(9-4-6-19-7-5-9)15-11(12)8-13(17)16-14/h2-3,9H,4-8,14H2,1H3,(H,16,17). The largest absolute Gasteiger partial charge is 0.495 e. The van der Waals surface area contributed by atoms with Crippen LogP contribution in [0, 0.1) is 0 Å². The predicted octanol–water partition coefficient (Wildman–Crippen LogP) is 0.517. The monoisotopic (exact) mass is 265 g/mol. The molecule has 2 rings (SSSR count). The van der Waals surface area contributed by atoms with Crippen LogP contribution >= 0.6 is 0 Å². The van der Waals surface area contributed by atoms with Crippen molar-refractivity contribution in [3.8, 4) is 5.75 Å². The summed E-state index contributed by atoms with van der Waals surface area (Å²) in [5.41, 5.74) is 3.72. The van der Waals surface area contributed by atoms with E-state index in [1.54, 1.807) is 7.11 Å². The number of nitrogens with one attached hydrogen (secondary N) is 1. The summed E-state index contributed by atoms with van der Waals surface area (Å²) in [5.74, 6) is 5.82. The molecule has 3 N–H and O–H groups in total. The van der Waals surface area contributed by atoms with Gasteiger partial charge in [0.15, 0.2) is 0 Å². The molecule has 0 aliphatic carbocycles. The average Bonchev–Trinajstić information content (AvgIpc) is 2.48. The number of nitrogens with two attached hydrogens (primary N) is 1. The molecule has 0 atom stereocenters. The Morgan fingerprint density at radius 2 is 2.26 bits per heavy atom. The Morgan fingerprint density at radius 3 is 2.89 bits per heavy atom. The number of carbonyl (C=O) groups is 1. The van der Waals surface area contributed by atoms with Crippen LogP contribution in [-0.2, 0) is 16.0 Å². The van der Waals surface area contributed by atoms with Gasteiger partial charge in [-0.15, -0.1) is 0 Å². The Labute approximate surface area is 112 Å². The maximum atomic E-state index is 11.4. The molecule has 0 radical (unpaired) electrons. The molecular weight excluding hydrogens is 246 g/mol. The zero-order valence-electron chi connectivity index (χ0n) is 11.0. The van der Waals surface area contributed by atoms with E-state index in [-0.39, 0.29) is 12.3 Å². The van der Waals surface area contributed by atoms with Crippen LogP contribution in [0.1, 0.15) is 30.1 Å². The second-order valence-corrected chi connectivity index (χ2v) is 4.52. The van der Waals surface area contributed by atoms with Crippen LogP contribution in [0.4, 0.5) is 0 Å². The summed E-state index contributed by atoms with van der Waals surface area (Å²) >= 11 is 0. The zero-order valence-corrected chi connectivity index (χ0v) is 11.0. The van der Waals surface area contributed by atoms with E-state index in [0.29, 0.717) is 17.4 Å². The number of hydrogen-bond acceptors (Lipinski definition) is 5. The second-order valence-electron chi connectivity index (χ2n) is 4.52. The van der Waals surface area contributed by atoms with Crippen molar-refractivity contribution in [2.24, 2.45) is 5.84 Å². The third-order valence-corrected chi connectivity index (χ3v) is 3.30. The van der Waals surface area contributed by atoms with Crippen molar-refractivity contribution in [3.05, 3.63) is 23.5 Å². The maximum Gasteiger partial charge on any atom is 0.240 e. The molecule has 2 heterocycles. The molecule has 0 saturated carbocycles. The second kappa shape index (κ2) is 6.49. The number of pyridine rings is 1. The van der Waals surface area contributed by atoms with Crippen molar-refractivity contribution in [1.29, 1.82) is 0 Å². The van der Waals surface area contributed by atoms with Crippen molar-refractivity contribution >= 4 is 5.91 Å². The van der Waals surface area contributed by atoms with Crippen LogP contribution < -0.4 is 16.0 Å². The van der Waals surface area contributed by atoms with Crippen molar-refractivity contribution in [2.45, 2.75) is 25.2 Å². The summed E-state index contributed by atoms with van der Waals surface area (Å²) in [6.07, 6.45) is 2.04. The fourth-order valence-corrected chi connectivity index (χ4v) is 2.24. The van der Waals surface area contributed by atoms with Gasteiger partial charge in [0.25, 0.3) is 0 Å². The number of aromatic nitrogens is 1. The summed E-state index contributed by atoms with van der Waals surface area (Å²) < 4.78 is 10.6. The lowest BCUT2D eigenvalue weighted by molar-refractivity contribution is -0.120. The molecule has 1 aliphatic rings. The number of hydrazine groups is 1. The molecule has 1 saturated heterocycles. The highest BCUT2D eigenvalue weighted by molar-refractivity contribution is 5.78. The molecule has 0 spiro atoms. The van der Waals surface area contributed by atoms with Gasteiger partial charge in [-0.2, -0.15) is 0 Å². The van der Waals surface area contributed by atoms with Crippen LogP contribution in [0.25, 0.3) is 0 Å². The van der Waals surface area contributed by atoms with Gasteiger partial charge in [-0.3, -0.25) is 15.2 Å². The summed E-state index contributed by atoms with van der Waals surface area (Å²) in [6.45, 7) is 1.52. The first kappa shape index (κ1) is 13.8. The molecule has 1 aliphatic heterocycles. The van der Waals surface area contributed by atoms with Gasteiger partial charge in [0, 0.05) is 24.8 Å². The molecule has 1 fully saturated rings. The fourth-order valence-electron chi connectivity index (χ4n) is 2.24. The lowest BCUT2D eigenvalue weighted by Gasteiger charge is -2.22. The fraction of sp³-hybridized carbons (Fsp3) is 0.538. The minimum atomic E-state index is -0.282. The van der Waals surface area contributed by atoms with Crippen molar-refractivity contribution in [1.82, 2.24) is 10.4 Å². The first-order valence-corrected chi connectivity index (χ1v) is 6.35. The Morgan fingerprint density at radius 1 is 1.53 bits per heavy atom. The minimum absolute atomic E-state index is 0.122. The van der Waals surface area contributed by atoms with Crippen LogP contribution in [0.5, 0.6) is 5.75 Å². The van der Waals surface area contributed by atoms with E-state index in [1.807, 2.05) is 12.1 Å². The van der Waals surface area contributed by atoms with E-state index in [1.165, 1.54) is 0 Å². The number of rotatable bonds is 4. The summed E-state index contributed by atoms with van der Waals surface area (Å²) in [4.78, 5) is 15.9. The van der Waals surface area contributed by atoms with Gasteiger partial charge in [-0.1, -0.05) is 0 Å². The molecule has 1 amide bonds. The highest BCUT2D eigenvalue weighted by Gasteiger charge is 2.19. The van der Waals surface area contributed by atoms with Crippen molar-refractivity contribution in [2.75, 3.05) is 20.3 Å². The number of amides is 1. The SMILES string of the molecule is COc1ccc(C2CCOCC2)nc1CC(=O)NN. The van der Waals surface area contributed by atoms with Gasteiger partial charge in [0.2, 0.25) is 5.91 Å². The van der Waals surface area contributed by atoms with Crippen LogP contribution in [-0.4, -0.2) is 31.2 Å². The van der Waals surface area contributed by atoms with Gasteiger partial charge < -0.3 is 9.47 Å². The lowest BCUT2D eigenvalue weighted by atomic mass is 9.95. The Bertz CT molecular complexity index is 445. The zero-order chi connectivity index (χ0) is 13.7. The van der Waals surface area contributed by atoms with Crippen LogP contribution in [0.15, 0.2) is 12.1 Å². The Hall–Kier alpha value is -1.66. The van der Waals surface area contributed by atoms with Gasteiger partial charge in [-0.25, -0.2) is 5.84 Å². The number of methoxy groups -OCH3 is 1. The molecule has 6 heteroatoms. The Kier molecular flexibility index (Phi) is 4.70. The quantitative estimate of drug-likeness (QED) is 0.471. The lowest BCUT2D eigenvalue weighted by Crippen LogP contribution is -2.31. The molecule has 19 heavy (non-hydrogen) atoms. The van der Waals surface area contributed by atoms with Gasteiger partial charge >= 0.3 is 0 Å². The molecule has 1 aromatic heterocycles. The topological polar surface area (TPSA) is 86.5 Å². The summed E-state index contributed by atoms with van der Waals surface area (Å²) in [6, 6.07) is 3.82. The van der Waals surface area contributed by atoms with E-state index in [4.69, 9.17) is 15.3 Å². The average molecular weight is 265 g/mol. The third-order valence-electron chi connectivity index (χ3n) is 3.30. The van der Waals surface area contributed by atoms with Crippen molar-refractivity contribution < 1.29 is 14.3 Å². The first-order chi connectivity index (χ1) is 9.24. The molecule has 0 bridgehead atoms. The highest BCUT2D eigenvalue weighted by atomic mass is 16.5. The van der Waals surface area contributed by atoms with Gasteiger partial charge in [0.05, 0.1) is 19.2 Å². The van der Waals surface area contributed by atoms with Crippen LogP contribution in [0.3, 0.4) is 0 Å². The smallest absolute Gasteiger partial charge is 0.240 e. The van der Waals surface area contributed by atoms with Gasteiger partial charge in [0.1, 0.15) is 5.75 Å². The minimum Gasteiger partial charge on any atom is -0.495 e. The highest BCUT2D eigenvalue weighted by Crippen LogP contribution is 2.28. The van der Waals surface area contributed by atoms with Crippen LogP contribution in [0.2, 0.25) is 0 Å². The maximum absolute atomic E-state index is 11.4. The van der Waals surface area contributed by atoms with E-state index in [2.05, 4.69) is 10.4 Å². The Balaban J connectivity index is 2.21. The summed E-state index contributed by atoms with van der Waals surface area (Å²) in [5, 5.41) is 0. The first-order valence-electron chi connectivity index (χ1n) is 6.35. The molecule has 6 nitrogen and oxygen atoms in total. The van der Waals surface area contributed by atoms with Gasteiger partial charge in [-0.05, 0) is 25.0 Å². The summed E-state index contributed by atoms with van der Waals surface area (Å²) in [7, 11) is 1.56. The normalized spacial score (nSPS) is 16.1. The molecule has 0 unspecified atom stereocenters. The molecule has 0 aromatic carbocycles. The number of hydrogen-bond donors (Lipinski definition) is 2.